The summed E-state index contributed by atoms with van der Waals surface area (Å²) in [5, 5.41) is 5.91. The third-order valence-corrected chi connectivity index (χ3v) is 5.06. The molecule has 6 heteroatoms. The zero-order valence-corrected chi connectivity index (χ0v) is 14.5. The number of aromatic nitrogens is 1. The second-order valence-corrected chi connectivity index (χ2v) is 6.77. The SMILES string of the molecule is Cl.NC1CCCCC1CC(=O)Nc1cccc(-c2nccs2)c1. The molecule has 0 spiro atoms. The fourth-order valence-corrected chi connectivity index (χ4v) is 3.67. The Morgan fingerprint density at radius 1 is 1.35 bits per heavy atom. The number of rotatable bonds is 4. The van der Waals surface area contributed by atoms with Crippen molar-refractivity contribution in [1.82, 2.24) is 4.98 Å². The number of amides is 1. The lowest BCUT2D eigenvalue weighted by molar-refractivity contribution is -0.117. The maximum atomic E-state index is 12.2. The van der Waals surface area contributed by atoms with Gasteiger partial charge in [0.2, 0.25) is 5.91 Å². The second-order valence-electron chi connectivity index (χ2n) is 5.88. The van der Waals surface area contributed by atoms with Crippen LogP contribution in [0.1, 0.15) is 32.1 Å². The summed E-state index contributed by atoms with van der Waals surface area (Å²) >= 11 is 1.59. The number of carbonyl (C=O) groups excluding carboxylic acids is 1. The molecule has 23 heavy (non-hydrogen) atoms. The van der Waals surface area contributed by atoms with Crippen LogP contribution in [0.25, 0.3) is 10.6 Å². The van der Waals surface area contributed by atoms with E-state index in [4.69, 9.17) is 5.73 Å². The Morgan fingerprint density at radius 3 is 2.91 bits per heavy atom. The molecule has 1 amide bonds. The minimum Gasteiger partial charge on any atom is -0.327 e. The summed E-state index contributed by atoms with van der Waals surface area (Å²) < 4.78 is 0. The molecule has 1 aromatic heterocycles. The lowest BCUT2D eigenvalue weighted by Crippen LogP contribution is -2.35. The van der Waals surface area contributed by atoms with E-state index in [1.165, 1.54) is 12.8 Å². The molecule has 1 aromatic carbocycles. The summed E-state index contributed by atoms with van der Waals surface area (Å²) in [5.74, 6) is 0.370. The van der Waals surface area contributed by atoms with Crippen LogP contribution in [0.5, 0.6) is 0 Å². The van der Waals surface area contributed by atoms with Crippen LogP contribution in [-0.4, -0.2) is 16.9 Å². The topological polar surface area (TPSA) is 68.0 Å². The fourth-order valence-electron chi connectivity index (χ4n) is 3.04. The molecule has 2 unspecified atom stereocenters. The average molecular weight is 352 g/mol. The number of thiazole rings is 1. The summed E-state index contributed by atoms with van der Waals surface area (Å²) in [6.45, 7) is 0. The standard InChI is InChI=1S/C17H21N3OS.ClH/c18-15-7-2-1-4-12(15)11-16(21)20-14-6-3-5-13(10-14)17-19-8-9-22-17;/h3,5-6,8-10,12,15H,1-2,4,7,11,18H2,(H,20,21);1H. The van der Waals surface area contributed by atoms with Crippen molar-refractivity contribution in [3.63, 3.8) is 0 Å². The summed E-state index contributed by atoms with van der Waals surface area (Å²) in [4.78, 5) is 16.5. The molecule has 2 atom stereocenters. The molecule has 3 N–H and O–H groups in total. The van der Waals surface area contributed by atoms with E-state index in [2.05, 4.69) is 10.3 Å². The lowest BCUT2D eigenvalue weighted by atomic mass is 9.83. The molecule has 1 aliphatic rings. The fraction of sp³-hybridized carbons (Fsp3) is 0.412. The Labute approximate surface area is 146 Å². The van der Waals surface area contributed by atoms with Gasteiger partial charge in [0.1, 0.15) is 5.01 Å². The Balaban J connectivity index is 0.00000192. The number of hydrogen-bond donors (Lipinski definition) is 2. The molecule has 1 fully saturated rings. The Bertz CT molecular complexity index is 633. The number of carbonyl (C=O) groups is 1. The monoisotopic (exact) mass is 351 g/mol. The van der Waals surface area contributed by atoms with Gasteiger partial charge in [0.25, 0.3) is 0 Å². The van der Waals surface area contributed by atoms with Crippen molar-refractivity contribution in [1.29, 1.82) is 0 Å². The third-order valence-electron chi connectivity index (χ3n) is 4.24. The second kappa shape index (κ2) is 8.43. The van der Waals surface area contributed by atoms with Gasteiger partial charge >= 0.3 is 0 Å². The highest BCUT2D eigenvalue weighted by Gasteiger charge is 2.24. The number of nitrogens with two attached hydrogens (primary N) is 1. The number of nitrogens with zero attached hydrogens (tertiary/aromatic N) is 1. The molecule has 124 valence electrons. The van der Waals surface area contributed by atoms with Gasteiger partial charge in [0.15, 0.2) is 0 Å². The summed E-state index contributed by atoms with van der Waals surface area (Å²) in [7, 11) is 0. The largest absolute Gasteiger partial charge is 0.327 e. The molecule has 1 aliphatic carbocycles. The van der Waals surface area contributed by atoms with Crippen molar-refractivity contribution in [2.75, 3.05) is 5.32 Å². The number of anilines is 1. The van der Waals surface area contributed by atoms with Crippen LogP contribution in [0, 0.1) is 5.92 Å². The number of nitrogens with one attached hydrogen (secondary N) is 1. The predicted molar refractivity (Wildman–Crippen MR) is 98.0 cm³/mol. The van der Waals surface area contributed by atoms with Gasteiger partial charge < -0.3 is 11.1 Å². The van der Waals surface area contributed by atoms with Crippen LogP contribution in [0.3, 0.4) is 0 Å². The predicted octanol–water partition coefficient (Wildman–Crippen LogP) is 4.08. The molecular weight excluding hydrogens is 330 g/mol. The van der Waals surface area contributed by atoms with Gasteiger partial charge in [-0.3, -0.25) is 4.79 Å². The van der Waals surface area contributed by atoms with Crippen LogP contribution in [-0.2, 0) is 4.79 Å². The number of halogens is 1. The van der Waals surface area contributed by atoms with E-state index in [0.717, 1.165) is 29.1 Å². The van der Waals surface area contributed by atoms with Gasteiger partial charge in [-0.2, -0.15) is 0 Å². The molecule has 0 radical (unpaired) electrons. The zero-order chi connectivity index (χ0) is 15.4. The van der Waals surface area contributed by atoms with Gasteiger partial charge in [0.05, 0.1) is 0 Å². The first-order valence-electron chi connectivity index (χ1n) is 7.78. The third kappa shape index (κ3) is 4.77. The van der Waals surface area contributed by atoms with Crippen molar-refractivity contribution < 1.29 is 4.79 Å². The molecule has 4 nitrogen and oxygen atoms in total. The van der Waals surface area contributed by atoms with E-state index >= 15 is 0 Å². The first-order chi connectivity index (χ1) is 10.7. The molecule has 3 rings (SSSR count). The molecule has 1 heterocycles. The van der Waals surface area contributed by atoms with E-state index in [1.807, 2.05) is 29.6 Å². The van der Waals surface area contributed by atoms with E-state index in [0.29, 0.717) is 12.3 Å². The summed E-state index contributed by atoms with van der Waals surface area (Å²) in [6, 6.07) is 8.00. The van der Waals surface area contributed by atoms with E-state index in [1.54, 1.807) is 17.5 Å². The maximum absolute atomic E-state index is 12.2. The average Bonchev–Trinajstić information content (AvgIpc) is 3.04. The molecule has 1 saturated carbocycles. The van der Waals surface area contributed by atoms with Gasteiger partial charge in [0, 0.05) is 35.3 Å². The Hall–Kier alpha value is -1.43. The quantitative estimate of drug-likeness (QED) is 0.872. The highest BCUT2D eigenvalue weighted by atomic mass is 35.5. The smallest absolute Gasteiger partial charge is 0.224 e. The van der Waals surface area contributed by atoms with Crippen molar-refractivity contribution in [3.8, 4) is 10.6 Å². The minimum absolute atomic E-state index is 0. The van der Waals surface area contributed by atoms with Crippen LogP contribution in [0.4, 0.5) is 5.69 Å². The molecule has 0 bridgehead atoms. The van der Waals surface area contributed by atoms with Crippen LogP contribution in [0.15, 0.2) is 35.8 Å². The summed E-state index contributed by atoms with van der Waals surface area (Å²) in [5.41, 5.74) is 7.97. The van der Waals surface area contributed by atoms with Gasteiger partial charge in [-0.05, 0) is 30.9 Å². The highest BCUT2D eigenvalue weighted by molar-refractivity contribution is 7.13. The lowest BCUT2D eigenvalue weighted by Gasteiger charge is -2.27. The summed E-state index contributed by atoms with van der Waals surface area (Å²) in [6.07, 6.45) is 6.78. The van der Waals surface area contributed by atoms with E-state index < -0.39 is 0 Å². The van der Waals surface area contributed by atoms with Crippen LogP contribution < -0.4 is 11.1 Å². The Morgan fingerprint density at radius 2 is 2.17 bits per heavy atom. The van der Waals surface area contributed by atoms with Crippen LogP contribution in [0.2, 0.25) is 0 Å². The highest BCUT2D eigenvalue weighted by Crippen LogP contribution is 2.27. The van der Waals surface area contributed by atoms with E-state index in [9.17, 15) is 4.79 Å². The maximum Gasteiger partial charge on any atom is 0.224 e. The van der Waals surface area contributed by atoms with Crippen molar-refractivity contribution in [2.24, 2.45) is 11.7 Å². The van der Waals surface area contributed by atoms with Crippen LogP contribution >= 0.6 is 23.7 Å². The van der Waals surface area contributed by atoms with Crippen molar-refractivity contribution in [3.05, 3.63) is 35.8 Å². The Kier molecular flexibility index (Phi) is 6.57. The number of hydrogen-bond acceptors (Lipinski definition) is 4. The first kappa shape index (κ1) is 17.9. The minimum atomic E-state index is 0. The van der Waals surface area contributed by atoms with Crippen molar-refractivity contribution >= 4 is 35.3 Å². The first-order valence-corrected chi connectivity index (χ1v) is 8.66. The molecule has 2 aromatic rings. The van der Waals surface area contributed by atoms with Crippen molar-refractivity contribution in [2.45, 2.75) is 38.1 Å². The molecule has 0 aliphatic heterocycles. The zero-order valence-electron chi connectivity index (χ0n) is 12.9. The molecule has 0 saturated heterocycles. The van der Waals surface area contributed by atoms with Gasteiger partial charge in [-0.1, -0.05) is 25.0 Å². The van der Waals surface area contributed by atoms with E-state index in [-0.39, 0.29) is 24.4 Å². The normalized spacial score (nSPS) is 20.6. The number of benzene rings is 1. The van der Waals surface area contributed by atoms with Gasteiger partial charge in [-0.15, -0.1) is 23.7 Å². The van der Waals surface area contributed by atoms with Gasteiger partial charge in [-0.25, -0.2) is 4.98 Å². The molecular formula is C17H22ClN3OS.